The van der Waals surface area contributed by atoms with E-state index in [0.717, 1.165) is 5.56 Å². The molecule has 3 aromatic rings. The number of benzene rings is 3. The summed E-state index contributed by atoms with van der Waals surface area (Å²) in [6.45, 7) is 1.66. The monoisotopic (exact) mass is 393 g/mol. The molecule has 7 heteroatoms. The van der Waals surface area contributed by atoms with Crippen LogP contribution >= 0.6 is 0 Å². The van der Waals surface area contributed by atoms with Gasteiger partial charge in [-0.05, 0) is 42.3 Å². The van der Waals surface area contributed by atoms with Crippen LogP contribution in [0.3, 0.4) is 0 Å². The molecule has 3 rings (SSSR count). The average Bonchev–Trinajstić information content (AvgIpc) is 2.69. The molecule has 0 bridgehead atoms. The van der Waals surface area contributed by atoms with Crippen LogP contribution in [0.1, 0.15) is 21.5 Å². The van der Waals surface area contributed by atoms with E-state index in [2.05, 4.69) is 15.2 Å². The standard InChI is InChI=1S/C21H19N3O3S/c1-16-12-13-18(21(25)23-19-10-6-3-7-11-19)14-20(16)28(26,27)24-22-15-17-8-4-2-5-9-17/h2-15,24H,1H3,(H,23,25). The van der Waals surface area contributed by atoms with E-state index in [1.807, 2.05) is 24.3 Å². The minimum absolute atomic E-state index is 0.00146. The van der Waals surface area contributed by atoms with E-state index in [1.165, 1.54) is 12.3 Å². The van der Waals surface area contributed by atoms with Gasteiger partial charge < -0.3 is 5.32 Å². The molecule has 1 amide bonds. The fraction of sp³-hybridized carbons (Fsp3) is 0.0476. The molecule has 0 aromatic heterocycles. The van der Waals surface area contributed by atoms with Crippen molar-refractivity contribution >= 4 is 27.8 Å². The normalized spacial score (nSPS) is 11.3. The molecule has 0 fully saturated rings. The second-order valence-electron chi connectivity index (χ2n) is 6.06. The van der Waals surface area contributed by atoms with E-state index < -0.39 is 15.9 Å². The van der Waals surface area contributed by atoms with Gasteiger partial charge in [-0.1, -0.05) is 54.6 Å². The van der Waals surface area contributed by atoms with Crippen molar-refractivity contribution in [2.24, 2.45) is 5.10 Å². The highest BCUT2D eigenvalue weighted by Gasteiger charge is 2.18. The van der Waals surface area contributed by atoms with Crippen LogP contribution in [0.25, 0.3) is 0 Å². The van der Waals surface area contributed by atoms with Crippen molar-refractivity contribution in [3.05, 3.63) is 95.6 Å². The molecule has 0 aliphatic heterocycles. The number of carbonyl (C=O) groups excluding carboxylic acids is 1. The first-order valence-corrected chi connectivity index (χ1v) is 10.0. The lowest BCUT2D eigenvalue weighted by atomic mass is 10.1. The summed E-state index contributed by atoms with van der Waals surface area (Å²) in [5, 5.41) is 6.55. The zero-order valence-corrected chi connectivity index (χ0v) is 16.0. The Kier molecular flexibility index (Phi) is 5.86. The van der Waals surface area contributed by atoms with E-state index in [-0.39, 0.29) is 10.5 Å². The summed E-state index contributed by atoms with van der Waals surface area (Å²) >= 11 is 0. The Bertz CT molecular complexity index is 1100. The van der Waals surface area contributed by atoms with Crippen LogP contribution in [0.4, 0.5) is 5.69 Å². The van der Waals surface area contributed by atoms with Crippen molar-refractivity contribution in [3.8, 4) is 0 Å². The predicted molar refractivity (Wildman–Crippen MR) is 110 cm³/mol. The quantitative estimate of drug-likeness (QED) is 0.496. The molecule has 3 aromatic carbocycles. The number of aryl methyl sites for hydroxylation is 1. The van der Waals surface area contributed by atoms with Gasteiger partial charge in [0.15, 0.2) is 0 Å². The van der Waals surface area contributed by atoms with Gasteiger partial charge in [0.25, 0.3) is 15.9 Å². The highest BCUT2D eigenvalue weighted by molar-refractivity contribution is 7.89. The Morgan fingerprint density at radius 1 is 0.929 bits per heavy atom. The van der Waals surface area contributed by atoms with E-state index >= 15 is 0 Å². The fourth-order valence-electron chi connectivity index (χ4n) is 2.51. The molecule has 28 heavy (non-hydrogen) atoms. The molecule has 0 saturated heterocycles. The molecule has 142 valence electrons. The first-order valence-electron chi connectivity index (χ1n) is 8.53. The molecule has 0 radical (unpaired) electrons. The summed E-state index contributed by atoms with van der Waals surface area (Å²) in [5.74, 6) is -0.393. The zero-order chi connectivity index (χ0) is 20.0. The molecule has 0 spiro atoms. The van der Waals surface area contributed by atoms with Crippen molar-refractivity contribution in [2.75, 3.05) is 5.32 Å². The second-order valence-corrected chi connectivity index (χ2v) is 7.69. The number of sulfonamides is 1. The Hall–Kier alpha value is -3.45. The van der Waals surface area contributed by atoms with Crippen LogP contribution in [0.15, 0.2) is 88.9 Å². The smallest absolute Gasteiger partial charge is 0.276 e. The van der Waals surface area contributed by atoms with E-state index in [0.29, 0.717) is 11.3 Å². The maximum atomic E-state index is 12.6. The number of hydrazone groups is 1. The lowest BCUT2D eigenvalue weighted by Crippen LogP contribution is -2.20. The average molecular weight is 393 g/mol. The van der Waals surface area contributed by atoms with Gasteiger partial charge in [0, 0.05) is 11.3 Å². The first-order chi connectivity index (χ1) is 13.5. The number of nitrogens with one attached hydrogen (secondary N) is 2. The summed E-state index contributed by atoms with van der Waals surface area (Å²) < 4.78 is 25.2. The van der Waals surface area contributed by atoms with Crippen molar-refractivity contribution in [2.45, 2.75) is 11.8 Å². The maximum absolute atomic E-state index is 12.6. The van der Waals surface area contributed by atoms with Crippen molar-refractivity contribution < 1.29 is 13.2 Å². The van der Waals surface area contributed by atoms with Gasteiger partial charge in [-0.15, -0.1) is 0 Å². The van der Waals surface area contributed by atoms with Gasteiger partial charge in [0.05, 0.1) is 11.1 Å². The Balaban J connectivity index is 1.80. The van der Waals surface area contributed by atoms with Gasteiger partial charge in [-0.2, -0.15) is 13.5 Å². The lowest BCUT2D eigenvalue weighted by Gasteiger charge is -2.10. The molecule has 0 unspecified atom stereocenters. The molecule has 2 N–H and O–H groups in total. The number of rotatable bonds is 6. The summed E-state index contributed by atoms with van der Waals surface area (Å²) in [6, 6.07) is 22.6. The molecule has 0 saturated carbocycles. The van der Waals surface area contributed by atoms with Crippen LogP contribution in [-0.4, -0.2) is 20.5 Å². The maximum Gasteiger partial charge on any atom is 0.276 e. The highest BCUT2D eigenvalue weighted by Crippen LogP contribution is 2.18. The fourth-order valence-corrected chi connectivity index (χ4v) is 3.58. The summed E-state index contributed by atoms with van der Waals surface area (Å²) in [4.78, 5) is 14.6. The van der Waals surface area contributed by atoms with Crippen LogP contribution < -0.4 is 10.1 Å². The van der Waals surface area contributed by atoms with Crippen molar-refractivity contribution in [3.63, 3.8) is 0 Å². The van der Waals surface area contributed by atoms with Crippen LogP contribution in [-0.2, 0) is 10.0 Å². The molecular formula is C21H19N3O3S. The molecule has 6 nitrogen and oxygen atoms in total. The van der Waals surface area contributed by atoms with Gasteiger partial charge in [0.1, 0.15) is 0 Å². The van der Waals surface area contributed by atoms with E-state index in [1.54, 1.807) is 55.5 Å². The molecule has 0 aliphatic carbocycles. The van der Waals surface area contributed by atoms with Crippen molar-refractivity contribution in [1.29, 1.82) is 0 Å². The second kappa shape index (κ2) is 8.49. The highest BCUT2D eigenvalue weighted by atomic mass is 32.2. The number of carbonyl (C=O) groups is 1. The number of para-hydroxylation sites is 1. The first kappa shape index (κ1) is 19.3. The van der Waals surface area contributed by atoms with Gasteiger partial charge in [-0.25, -0.2) is 4.83 Å². The third kappa shape index (κ3) is 4.83. The SMILES string of the molecule is Cc1ccc(C(=O)Nc2ccccc2)cc1S(=O)(=O)NN=Cc1ccccc1. The Morgan fingerprint density at radius 3 is 2.25 bits per heavy atom. The third-order valence-corrected chi connectivity index (χ3v) is 5.32. The summed E-state index contributed by atoms with van der Waals surface area (Å²) in [6.07, 6.45) is 1.42. The number of amides is 1. The van der Waals surface area contributed by atoms with Gasteiger partial charge >= 0.3 is 0 Å². The number of hydrogen-bond acceptors (Lipinski definition) is 4. The third-order valence-electron chi connectivity index (χ3n) is 3.96. The minimum Gasteiger partial charge on any atom is -0.322 e. The number of anilines is 1. The Morgan fingerprint density at radius 2 is 1.57 bits per heavy atom. The topological polar surface area (TPSA) is 87.6 Å². The van der Waals surface area contributed by atoms with Crippen LogP contribution in [0.5, 0.6) is 0 Å². The molecule has 0 aliphatic rings. The molecule has 0 heterocycles. The minimum atomic E-state index is -3.92. The molecule has 0 atom stereocenters. The zero-order valence-electron chi connectivity index (χ0n) is 15.2. The summed E-state index contributed by atoms with van der Waals surface area (Å²) in [7, 11) is -3.92. The number of nitrogens with zero attached hydrogens (tertiary/aromatic N) is 1. The van der Waals surface area contributed by atoms with Gasteiger partial charge in [-0.3, -0.25) is 4.79 Å². The van der Waals surface area contributed by atoms with Crippen LogP contribution in [0.2, 0.25) is 0 Å². The molecular weight excluding hydrogens is 374 g/mol. The number of hydrogen-bond donors (Lipinski definition) is 2. The van der Waals surface area contributed by atoms with Gasteiger partial charge in [0.2, 0.25) is 0 Å². The largest absolute Gasteiger partial charge is 0.322 e. The van der Waals surface area contributed by atoms with E-state index in [4.69, 9.17) is 0 Å². The lowest BCUT2D eigenvalue weighted by molar-refractivity contribution is 0.102. The summed E-state index contributed by atoms with van der Waals surface area (Å²) in [5.41, 5.74) is 2.14. The van der Waals surface area contributed by atoms with Crippen molar-refractivity contribution in [1.82, 2.24) is 4.83 Å². The van der Waals surface area contributed by atoms with E-state index in [9.17, 15) is 13.2 Å². The van der Waals surface area contributed by atoms with Crippen LogP contribution in [0, 0.1) is 6.92 Å². The predicted octanol–water partition coefficient (Wildman–Crippen LogP) is 3.56. The Labute approximate surface area is 164 Å².